The van der Waals surface area contributed by atoms with Gasteiger partial charge in [-0.1, -0.05) is 37.6 Å². The van der Waals surface area contributed by atoms with E-state index >= 15 is 0 Å². The van der Waals surface area contributed by atoms with E-state index in [2.05, 4.69) is 18.9 Å². The first-order chi connectivity index (χ1) is 11.1. The number of benzene rings is 1. The van der Waals surface area contributed by atoms with Gasteiger partial charge in [0.25, 0.3) is 0 Å². The first kappa shape index (κ1) is 18.3. The molecule has 1 aromatic carbocycles. The number of halogens is 1. The molecule has 24 heavy (non-hydrogen) atoms. The molecule has 0 saturated heterocycles. The molecule has 130 valence electrons. The van der Waals surface area contributed by atoms with Crippen molar-refractivity contribution in [3.8, 4) is 11.3 Å². The number of rotatable bonds is 3. The van der Waals surface area contributed by atoms with Gasteiger partial charge in [-0.25, -0.2) is 4.79 Å². The molecule has 6 heteroatoms. The summed E-state index contributed by atoms with van der Waals surface area (Å²) < 4.78 is 6.74. The Morgan fingerprint density at radius 2 is 1.88 bits per heavy atom. The molecule has 2 N–H and O–H groups in total. The van der Waals surface area contributed by atoms with Gasteiger partial charge in [0.2, 0.25) is 0 Å². The van der Waals surface area contributed by atoms with Crippen molar-refractivity contribution in [3.63, 3.8) is 0 Å². The molecular formula is C18H24ClN3O2. The SMILES string of the molecule is CC(C)Cc1c(N)c(-c2ccc(Cl)cc2)nn1C(=O)OC(C)(C)C. The molecule has 0 atom stereocenters. The summed E-state index contributed by atoms with van der Waals surface area (Å²) in [7, 11) is 0. The Hall–Kier alpha value is -2.01. The van der Waals surface area contributed by atoms with Crippen molar-refractivity contribution in [2.45, 2.75) is 46.6 Å². The van der Waals surface area contributed by atoms with Gasteiger partial charge >= 0.3 is 6.09 Å². The van der Waals surface area contributed by atoms with Gasteiger partial charge in [-0.2, -0.15) is 9.78 Å². The number of carbonyl (C=O) groups excluding carboxylic acids is 1. The Morgan fingerprint density at radius 1 is 1.29 bits per heavy atom. The number of nitrogens with zero attached hydrogens (tertiary/aromatic N) is 2. The molecule has 0 aliphatic heterocycles. The van der Waals surface area contributed by atoms with Gasteiger partial charge in [0, 0.05) is 10.6 Å². The Kier molecular flexibility index (Phi) is 5.23. The van der Waals surface area contributed by atoms with Gasteiger partial charge in [-0.15, -0.1) is 0 Å². The smallest absolute Gasteiger partial charge is 0.435 e. The minimum atomic E-state index is -0.604. The Balaban J connectivity index is 2.51. The van der Waals surface area contributed by atoms with E-state index in [9.17, 15) is 4.79 Å². The van der Waals surface area contributed by atoms with Crippen LogP contribution in [0.2, 0.25) is 5.02 Å². The molecule has 0 spiro atoms. The third kappa shape index (κ3) is 4.29. The molecule has 0 amide bonds. The van der Waals surface area contributed by atoms with Crippen molar-refractivity contribution < 1.29 is 9.53 Å². The number of anilines is 1. The maximum absolute atomic E-state index is 12.5. The van der Waals surface area contributed by atoms with Gasteiger partial charge in [-0.3, -0.25) is 0 Å². The maximum Gasteiger partial charge on any atom is 0.435 e. The zero-order valence-electron chi connectivity index (χ0n) is 14.8. The highest BCUT2D eigenvalue weighted by atomic mass is 35.5. The molecule has 0 saturated carbocycles. The molecule has 2 aromatic rings. The lowest BCUT2D eigenvalue weighted by Crippen LogP contribution is -2.29. The summed E-state index contributed by atoms with van der Waals surface area (Å²) in [6, 6.07) is 7.20. The number of ether oxygens (including phenoxy) is 1. The van der Waals surface area contributed by atoms with Gasteiger partial charge in [0.1, 0.15) is 11.3 Å². The van der Waals surface area contributed by atoms with Gasteiger partial charge < -0.3 is 10.5 Å². The number of hydrogen-bond acceptors (Lipinski definition) is 4. The van der Waals surface area contributed by atoms with E-state index in [1.54, 1.807) is 12.1 Å². The van der Waals surface area contributed by atoms with Crippen LogP contribution in [0.3, 0.4) is 0 Å². The summed E-state index contributed by atoms with van der Waals surface area (Å²) in [5.74, 6) is 0.322. The van der Waals surface area contributed by atoms with E-state index in [1.807, 2.05) is 32.9 Å². The fourth-order valence-electron chi connectivity index (χ4n) is 2.33. The fraction of sp³-hybridized carbons (Fsp3) is 0.444. The van der Waals surface area contributed by atoms with Gasteiger partial charge in [0.05, 0.1) is 11.4 Å². The highest BCUT2D eigenvalue weighted by molar-refractivity contribution is 6.30. The summed E-state index contributed by atoms with van der Waals surface area (Å²) in [4.78, 5) is 12.5. The van der Waals surface area contributed by atoms with Crippen LogP contribution in [-0.4, -0.2) is 21.5 Å². The zero-order valence-corrected chi connectivity index (χ0v) is 15.5. The van der Waals surface area contributed by atoms with Crippen molar-refractivity contribution in [1.29, 1.82) is 0 Å². The van der Waals surface area contributed by atoms with Crippen molar-refractivity contribution >= 4 is 23.4 Å². The second-order valence-electron chi connectivity index (χ2n) is 7.21. The van der Waals surface area contributed by atoms with Crippen LogP contribution in [0.5, 0.6) is 0 Å². The molecule has 1 heterocycles. The fourth-order valence-corrected chi connectivity index (χ4v) is 2.45. The Labute approximate surface area is 147 Å². The highest BCUT2D eigenvalue weighted by Gasteiger charge is 2.25. The molecule has 1 aromatic heterocycles. The molecule has 0 bridgehead atoms. The lowest BCUT2D eigenvalue weighted by Gasteiger charge is -2.20. The molecule has 5 nitrogen and oxygen atoms in total. The molecule has 0 fully saturated rings. The molecule has 0 unspecified atom stereocenters. The van der Waals surface area contributed by atoms with E-state index in [1.165, 1.54) is 4.68 Å². The average molecular weight is 350 g/mol. The van der Waals surface area contributed by atoms with Crippen LogP contribution in [0.1, 0.15) is 40.3 Å². The van der Waals surface area contributed by atoms with E-state index in [-0.39, 0.29) is 0 Å². The average Bonchev–Trinajstić information content (AvgIpc) is 2.75. The van der Waals surface area contributed by atoms with E-state index in [4.69, 9.17) is 22.1 Å². The standard InChI is InChI=1S/C18H24ClN3O2/c1-11(2)10-14-15(20)16(12-6-8-13(19)9-7-12)21-22(14)17(23)24-18(3,4)5/h6-9,11H,10,20H2,1-5H3. The molecule has 0 radical (unpaired) electrons. The third-order valence-corrected chi connectivity index (χ3v) is 3.56. The first-order valence-corrected chi connectivity index (χ1v) is 8.33. The van der Waals surface area contributed by atoms with Crippen molar-refractivity contribution in [2.75, 3.05) is 5.73 Å². The maximum atomic E-state index is 12.5. The zero-order chi connectivity index (χ0) is 18.1. The molecule has 2 rings (SSSR count). The minimum absolute atomic E-state index is 0.322. The van der Waals surface area contributed by atoms with Crippen LogP contribution in [0.15, 0.2) is 24.3 Å². The summed E-state index contributed by atoms with van der Waals surface area (Å²) in [6.07, 6.45) is 0.108. The summed E-state index contributed by atoms with van der Waals surface area (Å²) in [6.45, 7) is 9.58. The van der Waals surface area contributed by atoms with Crippen molar-refractivity contribution in [1.82, 2.24) is 9.78 Å². The quantitative estimate of drug-likeness (QED) is 0.866. The van der Waals surface area contributed by atoms with Crippen molar-refractivity contribution in [2.24, 2.45) is 5.92 Å². The van der Waals surface area contributed by atoms with Crippen LogP contribution in [0, 0.1) is 5.92 Å². The lowest BCUT2D eigenvalue weighted by molar-refractivity contribution is 0.0509. The monoisotopic (exact) mass is 349 g/mol. The number of aromatic nitrogens is 2. The Morgan fingerprint density at radius 3 is 2.38 bits per heavy atom. The van der Waals surface area contributed by atoms with Crippen LogP contribution in [0.4, 0.5) is 10.5 Å². The Bertz CT molecular complexity index is 728. The number of nitrogen functional groups attached to an aromatic ring is 1. The lowest BCUT2D eigenvalue weighted by atomic mass is 10.0. The van der Waals surface area contributed by atoms with Crippen molar-refractivity contribution in [3.05, 3.63) is 35.0 Å². The summed E-state index contributed by atoms with van der Waals surface area (Å²) in [5.41, 5.74) is 8.24. The van der Waals surface area contributed by atoms with Crippen LogP contribution in [-0.2, 0) is 11.2 Å². The normalized spacial score (nSPS) is 11.8. The highest BCUT2D eigenvalue weighted by Crippen LogP contribution is 2.30. The van der Waals surface area contributed by atoms with Crippen LogP contribution < -0.4 is 5.73 Å². The minimum Gasteiger partial charge on any atom is -0.442 e. The van der Waals surface area contributed by atoms with Gasteiger partial charge in [0.15, 0.2) is 0 Å². The third-order valence-electron chi connectivity index (χ3n) is 3.31. The van der Waals surface area contributed by atoms with E-state index < -0.39 is 11.7 Å². The van der Waals surface area contributed by atoms with E-state index in [0.29, 0.717) is 34.4 Å². The first-order valence-electron chi connectivity index (χ1n) is 7.95. The number of nitrogens with two attached hydrogens (primary N) is 1. The summed E-state index contributed by atoms with van der Waals surface area (Å²) in [5, 5.41) is 5.05. The topological polar surface area (TPSA) is 70.1 Å². The number of hydrogen-bond donors (Lipinski definition) is 1. The second kappa shape index (κ2) is 6.85. The molecule has 0 aliphatic carbocycles. The molecular weight excluding hydrogens is 326 g/mol. The van der Waals surface area contributed by atoms with E-state index in [0.717, 1.165) is 5.56 Å². The predicted octanol–water partition coefficient (Wildman–Crippen LogP) is 4.77. The predicted molar refractivity (Wildman–Crippen MR) is 97.3 cm³/mol. The van der Waals surface area contributed by atoms with Crippen LogP contribution in [0.25, 0.3) is 11.3 Å². The van der Waals surface area contributed by atoms with Gasteiger partial charge in [-0.05, 0) is 45.2 Å². The second-order valence-corrected chi connectivity index (χ2v) is 7.64. The largest absolute Gasteiger partial charge is 0.442 e. The van der Waals surface area contributed by atoms with Crippen LogP contribution >= 0.6 is 11.6 Å². The number of carbonyl (C=O) groups is 1. The molecule has 0 aliphatic rings. The summed E-state index contributed by atoms with van der Waals surface area (Å²) >= 11 is 5.94.